The predicted molar refractivity (Wildman–Crippen MR) is 84.5 cm³/mol. The zero-order valence-electron chi connectivity index (χ0n) is 12.2. The van der Waals surface area contributed by atoms with Crippen LogP contribution in [0.2, 0.25) is 5.02 Å². The Morgan fingerprint density at radius 2 is 1.95 bits per heavy atom. The van der Waals surface area contributed by atoms with Gasteiger partial charge in [0.1, 0.15) is 0 Å². The highest BCUT2D eigenvalue weighted by Crippen LogP contribution is 2.28. The van der Waals surface area contributed by atoms with Crippen LogP contribution in [-0.4, -0.2) is 36.4 Å². The van der Waals surface area contributed by atoms with Gasteiger partial charge in [0.25, 0.3) is 0 Å². The monoisotopic (exact) mass is 345 g/mol. The maximum absolute atomic E-state index is 12.8. The lowest BCUT2D eigenvalue weighted by atomic mass is 10.00. The second-order valence-corrected chi connectivity index (χ2v) is 7.83. The van der Waals surface area contributed by atoms with Crippen molar-refractivity contribution in [3.63, 3.8) is 0 Å². The number of carbonyl (C=O) groups is 1. The first-order valence-electron chi connectivity index (χ1n) is 7.40. The summed E-state index contributed by atoms with van der Waals surface area (Å²) in [7, 11) is -3.55. The fraction of sp³-hybridized carbons (Fsp3) is 0.533. The van der Waals surface area contributed by atoms with E-state index in [0.717, 1.165) is 19.3 Å². The van der Waals surface area contributed by atoms with Gasteiger partial charge in [0, 0.05) is 24.0 Å². The standard InChI is InChI=1S/C15H20ClNO4S/c16-12-7-9-14(10-8-12)22(20,21)17-11-2-1-4-13(17)5-3-6-15(18)19/h7-10,13H,1-6,11H2,(H,18,19). The molecule has 0 aromatic heterocycles. The summed E-state index contributed by atoms with van der Waals surface area (Å²) in [6.45, 7) is 0.489. The normalized spacial score (nSPS) is 20.0. The molecule has 7 heteroatoms. The van der Waals surface area contributed by atoms with Crippen molar-refractivity contribution in [3.8, 4) is 0 Å². The SMILES string of the molecule is O=C(O)CCCC1CCCCN1S(=O)(=O)c1ccc(Cl)cc1. The molecule has 0 aliphatic carbocycles. The van der Waals surface area contributed by atoms with Gasteiger partial charge in [0.2, 0.25) is 10.0 Å². The molecule has 1 saturated heterocycles. The molecule has 122 valence electrons. The van der Waals surface area contributed by atoms with Gasteiger partial charge in [-0.3, -0.25) is 4.79 Å². The van der Waals surface area contributed by atoms with E-state index < -0.39 is 16.0 Å². The Balaban J connectivity index is 2.15. The van der Waals surface area contributed by atoms with Gasteiger partial charge in [0.15, 0.2) is 0 Å². The van der Waals surface area contributed by atoms with E-state index in [1.807, 2.05) is 0 Å². The Hall–Kier alpha value is -1.11. The second kappa shape index (κ2) is 7.44. The molecule has 1 aromatic carbocycles. The summed E-state index contributed by atoms with van der Waals surface area (Å²) in [6.07, 6.45) is 3.75. The third-order valence-electron chi connectivity index (χ3n) is 3.92. The molecule has 0 amide bonds. The van der Waals surface area contributed by atoms with Crippen molar-refractivity contribution in [1.82, 2.24) is 4.31 Å². The molecule has 1 unspecified atom stereocenters. The summed E-state index contributed by atoms with van der Waals surface area (Å²) >= 11 is 5.81. The van der Waals surface area contributed by atoms with Crippen molar-refractivity contribution in [3.05, 3.63) is 29.3 Å². The fourth-order valence-electron chi connectivity index (χ4n) is 2.81. The van der Waals surface area contributed by atoms with Crippen LogP contribution in [0.15, 0.2) is 29.2 Å². The summed E-state index contributed by atoms with van der Waals surface area (Å²) in [5.41, 5.74) is 0. The minimum absolute atomic E-state index is 0.0747. The molecule has 1 aromatic rings. The molecular weight excluding hydrogens is 326 g/mol. The molecule has 1 heterocycles. The molecule has 5 nitrogen and oxygen atoms in total. The molecule has 1 N–H and O–H groups in total. The number of piperidine rings is 1. The van der Waals surface area contributed by atoms with Crippen LogP contribution in [0.5, 0.6) is 0 Å². The molecule has 0 saturated carbocycles. The Bertz CT molecular complexity index is 615. The maximum atomic E-state index is 12.8. The number of hydrogen-bond acceptors (Lipinski definition) is 3. The first-order valence-corrected chi connectivity index (χ1v) is 9.22. The molecule has 22 heavy (non-hydrogen) atoms. The molecular formula is C15H20ClNO4S. The number of hydrogen-bond donors (Lipinski definition) is 1. The van der Waals surface area contributed by atoms with Gasteiger partial charge in [-0.15, -0.1) is 0 Å². The van der Waals surface area contributed by atoms with Crippen LogP contribution >= 0.6 is 11.6 Å². The van der Waals surface area contributed by atoms with Crippen molar-refractivity contribution < 1.29 is 18.3 Å². The lowest BCUT2D eigenvalue weighted by Gasteiger charge is -2.34. The van der Waals surface area contributed by atoms with E-state index >= 15 is 0 Å². The number of rotatable bonds is 6. The van der Waals surface area contributed by atoms with Crippen LogP contribution in [0.1, 0.15) is 38.5 Å². The van der Waals surface area contributed by atoms with Gasteiger partial charge in [0.05, 0.1) is 4.90 Å². The predicted octanol–water partition coefficient (Wildman–Crippen LogP) is 3.14. The number of carboxylic acid groups (broad SMARTS) is 1. The van der Waals surface area contributed by atoms with E-state index in [9.17, 15) is 13.2 Å². The van der Waals surface area contributed by atoms with Crippen molar-refractivity contribution in [2.24, 2.45) is 0 Å². The molecule has 0 radical (unpaired) electrons. The lowest BCUT2D eigenvalue weighted by Crippen LogP contribution is -2.43. The largest absolute Gasteiger partial charge is 0.481 e. The van der Waals surface area contributed by atoms with E-state index in [0.29, 0.717) is 24.4 Å². The molecule has 0 spiro atoms. The number of carboxylic acids is 1. The van der Waals surface area contributed by atoms with Crippen molar-refractivity contribution in [2.45, 2.75) is 49.5 Å². The minimum Gasteiger partial charge on any atom is -0.481 e. The summed E-state index contributed by atoms with van der Waals surface area (Å²) in [5.74, 6) is -0.845. The Kier molecular flexibility index (Phi) is 5.83. The first-order chi connectivity index (χ1) is 10.4. The zero-order valence-corrected chi connectivity index (χ0v) is 13.8. The van der Waals surface area contributed by atoms with Gasteiger partial charge in [-0.2, -0.15) is 4.31 Å². The van der Waals surface area contributed by atoms with Gasteiger partial charge < -0.3 is 5.11 Å². The van der Waals surface area contributed by atoms with Crippen LogP contribution in [0.3, 0.4) is 0 Å². The van der Waals surface area contributed by atoms with Crippen LogP contribution in [0, 0.1) is 0 Å². The number of nitrogens with zero attached hydrogens (tertiary/aromatic N) is 1. The molecule has 1 atom stereocenters. The molecule has 0 bridgehead atoms. The van der Waals surface area contributed by atoms with Gasteiger partial charge in [-0.05, 0) is 49.9 Å². The van der Waals surface area contributed by atoms with E-state index in [1.54, 1.807) is 12.1 Å². The van der Waals surface area contributed by atoms with Crippen LogP contribution in [0.25, 0.3) is 0 Å². The van der Waals surface area contributed by atoms with Gasteiger partial charge in [-0.25, -0.2) is 8.42 Å². The van der Waals surface area contributed by atoms with E-state index in [4.69, 9.17) is 16.7 Å². The summed E-state index contributed by atoms with van der Waals surface area (Å²) in [5, 5.41) is 9.22. The Labute approximate surface area is 135 Å². The minimum atomic E-state index is -3.55. The van der Waals surface area contributed by atoms with Gasteiger partial charge >= 0.3 is 5.97 Å². The lowest BCUT2D eigenvalue weighted by molar-refractivity contribution is -0.137. The van der Waals surface area contributed by atoms with Crippen LogP contribution in [-0.2, 0) is 14.8 Å². The van der Waals surface area contributed by atoms with Crippen molar-refractivity contribution in [2.75, 3.05) is 6.54 Å². The third-order valence-corrected chi connectivity index (χ3v) is 6.14. The fourth-order valence-corrected chi connectivity index (χ4v) is 4.66. The number of benzene rings is 1. The zero-order chi connectivity index (χ0) is 16.2. The highest BCUT2D eigenvalue weighted by Gasteiger charge is 2.33. The molecule has 2 rings (SSSR count). The summed E-state index contributed by atoms with van der Waals surface area (Å²) in [6, 6.07) is 6.05. The van der Waals surface area contributed by atoms with Crippen molar-refractivity contribution >= 4 is 27.6 Å². The topological polar surface area (TPSA) is 74.7 Å². The Morgan fingerprint density at radius 3 is 2.59 bits per heavy atom. The average Bonchev–Trinajstić information content (AvgIpc) is 2.48. The number of aliphatic carboxylic acids is 1. The second-order valence-electron chi connectivity index (χ2n) is 5.51. The van der Waals surface area contributed by atoms with Crippen molar-refractivity contribution in [1.29, 1.82) is 0 Å². The molecule has 1 aliphatic heterocycles. The van der Waals surface area contributed by atoms with E-state index in [-0.39, 0.29) is 17.4 Å². The first kappa shape index (κ1) is 17.2. The number of sulfonamides is 1. The third kappa shape index (κ3) is 4.21. The molecule has 1 aliphatic rings. The number of halogens is 1. The summed E-state index contributed by atoms with van der Waals surface area (Å²) in [4.78, 5) is 10.9. The quantitative estimate of drug-likeness (QED) is 0.859. The maximum Gasteiger partial charge on any atom is 0.303 e. The van der Waals surface area contributed by atoms with Crippen LogP contribution in [0.4, 0.5) is 0 Å². The van der Waals surface area contributed by atoms with Crippen LogP contribution < -0.4 is 0 Å². The smallest absolute Gasteiger partial charge is 0.303 e. The Morgan fingerprint density at radius 1 is 1.27 bits per heavy atom. The van der Waals surface area contributed by atoms with E-state index in [2.05, 4.69) is 0 Å². The molecule has 1 fully saturated rings. The highest BCUT2D eigenvalue weighted by atomic mass is 35.5. The van der Waals surface area contributed by atoms with Gasteiger partial charge in [-0.1, -0.05) is 18.0 Å². The highest BCUT2D eigenvalue weighted by molar-refractivity contribution is 7.89. The average molecular weight is 346 g/mol. The van der Waals surface area contributed by atoms with E-state index in [1.165, 1.54) is 16.4 Å². The summed E-state index contributed by atoms with van der Waals surface area (Å²) < 4.78 is 27.1.